The monoisotopic (exact) mass is 491 g/mol. The Balaban J connectivity index is 1.54. The van der Waals surface area contributed by atoms with Crippen molar-refractivity contribution in [1.82, 2.24) is 15.4 Å². The first-order valence-corrected chi connectivity index (χ1v) is 12.5. The minimum atomic E-state index is -3.93. The lowest BCUT2D eigenvalue weighted by molar-refractivity contribution is -0.123. The van der Waals surface area contributed by atoms with Gasteiger partial charge in [0.25, 0.3) is 5.91 Å². The summed E-state index contributed by atoms with van der Waals surface area (Å²) in [6.07, 6.45) is 5.45. The molecule has 3 amide bonds. The molecule has 0 spiro atoms. The summed E-state index contributed by atoms with van der Waals surface area (Å²) < 4.78 is 37.7. The number of benzene rings is 1. The van der Waals surface area contributed by atoms with E-state index in [0.29, 0.717) is 17.2 Å². The van der Waals surface area contributed by atoms with Gasteiger partial charge in [0, 0.05) is 6.04 Å². The molecule has 0 bridgehead atoms. The second-order valence-corrected chi connectivity index (χ2v) is 10.1. The lowest BCUT2D eigenvalue weighted by Gasteiger charge is -2.29. The Labute approximate surface area is 198 Å². The molecular weight excluding hydrogens is 462 g/mol. The molecule has 1 saturated carbocycles. The third-order valence-electron chi connectivity index (χ3n) is 5.77. The highest BCUT2D eigenvalue weighted by Gasteiger charge is 2.24. The molecule has 11 heteroatoms. The summed E-state index contributed by atoms with van der Waals surface area (Å²) in [6.45, 7) is 2.93. The Morgan fingerprint density at radius 3 is 2.62 bits per heavy atom. The maximum atomic E-state index is 12.6. The van der Waals surface area contributed by atoms with Crippen LogP contribution < -0.4 is 15.4 Å². The predicted octanol–water partition coefficient (Wildman–Crippen LogP) is 2.63. The van der Waals surface area contributed by atoms with E-state index in [0.717, 1.165) is 25.7 Å². The van der Waals surface area contributed by atoms with E-state index in [9.17, 15) is 22.8 Å². The molecule has 2 aromatic rings. The molecule has 1 aromatic carbocycles. The van der Waals surface area contributed by atoms with E-state index in [1.807, 2.05) is 0 Å². The van der Waals surface area contributed by atoms with Crippen LogP contribution in [0.2, 0.25) is 0 Å². The lowest BCUT2D eigenvalue weighted by atomic mass is 9.86. The Kier molecular flexibility index (Phi) is 8.46. The molecule has 184 valence electrons. The van der Waals surface area contributed by atoms with Gasteiger partial charge in [-0.05, 0) is 55.5 Å². The lowest BCUT2D eigenvalue weighted by Crippen LogP contribution is -2.48. The van der Waals surface area contributed by atoms with Gasteiger partial charge in [0.05, 0.1) is 23.3 Å². The summed E-state index contributed by atoms with van der Waals surface area (Å²) in [7, 11) is -3.93. The van der Waals surface area contributed by atoms with Gasteiger partial charge < -0.3 is 14.5 Å². The zero-order valence-corrected chi connectivity index (χ0v) is 19.9. The van der Waals surface area contributed by atoms with E-state index in [1.54, 1.807) is 19.1 Å². The highest BCUT2D eigenvalue weighted by atomic mass is 32.2. The number of hydrogen-bond donors (Lipinski definition) is 3. The van der Waals surface area contributed by atoms with Crippen LogP contribution in [0, 0.1) is 12.8 Å². The first-order valence-electron chi connectivity index (χ1n) is 11.1. The van der Waals surface area contributed by atoms with E-state index in [-0.39, 0.29) is 23.0 Å². The average molecular weight is 492 g/mol. The molecule has 10 nitrogen and oxygen atoms in total. The first-order chi connectivity index (χ1) is 16.2. The number of amides is 3. The van der Waals surface area contributed by atoms with Crippen molar-refractivity contribution in [1.29, 1.82) is 0 Å². The smallest absolute Gasteiger partial charge is 0.338 e. The Bertz CT molecular complexity index is 1130. The predicted molar refractivity (Wildman–Crippen MR) is 122 cm³/mol. The molecule has 34 heavy (non-hydrogen) atoms. The molecule has 1 heterocycles. The molecule has 1 aromatic heterocycles. The van der Waals surface area contributed by atoms with E-state index in [4.69, 9.17) is 9.15 Å². The Morgan fingerprint density at radius 1 is 1.15 bits per heavy atom. The molecule has 3 rings (SSSR count). The maximum Gasteiger partial charge on any atom is 0.338 e. The van der Waals surface area contributed by atoms with Gasteiger partial charge in [-0.25, -0.2) is 22.7 Å². The van der Waals surface area contributed by atoms with Crippen LogP contribution in [0.4, 0.5) is 4.79 Å². The van der Waals surface area contributed by atoms with Crippen LogP contribution in [0.1, 0.15) is 54.3 Å². The van der Waals surface area contributed by atoms with E-state index >= 15 is 0 Å². The van der Waals surface area contributed by atoms with Crippen LogP contribution in [0.5, 0.6) is 0 Å². The first kappa shape index (κ1) is 25.4. The van der Waals surface area contributed by atoms with Gasteiger partial charge in [-0.2, -0.15) is 0 Å². The highest BCUT2D eigenvalue weighted by Crippen LogP contribution is 2.23. The van der Waals surface area contributed by atoms with Crippen molar-refractivity contribution in [2.75, 3.05) is 6.61 Å². The van der Waals surface area contributed by atoms with Crippen LogP contribution in [-0.2, 0) is 26.1 Å². The fourth-order valence-electron chi connectivity index (χ4n) is 3.76. The van der Waals surface area contributed by atoms with Crippen molar-refractivity contribution in [3.05, 3.63) is 53.5 Å². The van der Waals surface area contributed by atoms with E-state index in [1.165, 1.54) is 24.5 Å². The van der Waals surface area contributed by atoms with Crippen LogP contribution in [0.15, 0.2) is 45.9 Å². The molecule has 2 unspecified atom stereocenters. The average Bonchev–Trinajstić information content (AvgIpc) is 3.32. The van der Waals surface area contributed by atoms with Crippen molar-refractivity contribution in [3.8, 4) is 0 Å². The van der Waals surface area contributed by atoms with Gasteiger partial charge in [-0.15, -0.1) is 0 Å². The van der Waals surface area contributed by atoms with Crippen LogP contribution in [-0.4, -0.2) is 39.0 Å². The third kappa shape index (κ3) is 6.91. The molecular formula is C23H29N3O7S. The standard InChI is InChI=1S/C23H29N3O7S/c1-15-9-10-18(34(30,31)24-13-17-7-5-11-32-17)12-19(15)22(28)33-14-21(27)26-23(29)25-20-8-4-3-6-16(20)2/h5,7,9-12,16,20,24H,3-4,6,8,13-14H2,1-2H3,(H2,25,26,27,29). The SMILES string of the molecule is Cc1ccc(S(=O)(=O)NCc2ccco2)cc1C(=O)OCC(=O)NC(=O)NC1CCCCC1C. The molecule has 1 aliphatic carbocycles. The third-order valence-corrected chi connectivity index (χ3v) is 7.17. The van der Waals surface area contributed by atoms with Crippen molar-refractivity contribution in [3.63, 3.8) is 0 Å². The normalized spacial score (nSPS) is 18.2. The summed E-state index contributed by atoms with van der Waals surface area (Å²) in [6, 6.07) is 6.64. The number of nitrogens with one attached hydrogen (secondary N) is 3. The molecule has 1 aliphatic rings. The van der Waals surface area contributed by atoms with Crippen molar-refractivity contribution in [2.24, 2.45) is 5.92 Å². The number of aryl methyl sites for hydroxylation is 1. The molecule has 0 saturated heterocycles. The zero-order chi connectivity index (χ0) is 24.7. The van der Waals surface area contributed by atoms with Crippen LogP contribution in [0.25, 0.3) is 0 Å². The van der Waals surface area contributed by atoms with Crippen molar-refractivity contribution >= 4 is 27.9 Å². The van der Waals surface area contributed by atoms with Gasteiger partial charge in [-0.3, -0.25) is 10.1 Å². The number of carbonyl (C=O) groups excluding carboxylic acids is 3. The molecule has 2 atom stereocenters. The van der Waals surface area contributed by atoms with Crippen molar-refractivity contribution in [2.45, 2.75) is 57.0 Å². The number of hydrogen-bond acceptors (Lipinski definition) is 7. The Morgan fingerprint density at radius 2 is 1.91 bits per heavy atom. The molecule has 0 aliphatic heterocycles. The summed E-state index contributed by atoms with van der Waals surface area (Å²) in [4.78, 5) is 36.5. The van der Waals surface area contributed by atoms with Gasteiger partial charge in [0.1, 0.15) is 5.76 Å². The second-order valence-electron chi connectivity index (χ2n) is 8.35. The molecule has 1 fully saturated rings. The molecule has 3 N–H and O–H groups in total. The largest absolute Gasteiger partial charge is 0.468 e. The number of carbonyl (C=O) groups is 3. The fraction of sp³-hybridized carbons (Fsp3) is 0.435. The van der Waals surface area contributed by atoms with Crippen LogP contribution in [0.3, 0.4) is 0 Å². The second kappa shape index (κ2) is 11.3. The number of furan rings is 1. The van der Waals surface area contributed by atoms with Gasteiger partial charge in [0.2, 0.25) is 10.0 Å². The van der Waals surface area contributed by atoms with Crippen LogP contribution >= 0.6 is 0 Å². The summed E-state index contributed by atoms with van der Waals surface area (Å²) in [5.74, 6) is -0.899. The van der Waals surface area contributed by atoms with E-state index in [2.05, 4.69) is 22.3 Å². The number of imide groups is 1. The van der Waals surface area contributed by atoms with E-state index < -0.39 is 34.5 Å². The summed E-state index contributed by atoms with van der Waals surface area (Å²) in [5, 5.41) is 4.94. The number of ether oxygens (including phenoxy) is 1. The summed E-state index contributed by atoms with van der Waals surface area (Å²) >= 11 is 0. The van der Waals surface area contributed by atoms with Gasteiger partial charge in [-0.1, -0.05) is 25.8 Å². The molecule has 0 radical (unpaired) electrons. The maximum absolute atomic E-state index is 12.6. The topological polar surface area (TPSA) is 144 Å². The highest BCUT2D eigenvalue weighted by molar-refractivity contribution is 7.89. The quantitative estimate of drug-likeness (QED) is 0.482. The number of rotatable bonds is 8. The minimum Gasteiger partial charge on any atom is -0.468 e. The minimum absolute atomic E-state index is 0.00201. The number of esters is 1. The zero-order valence-electron chi connectivity index (χ0n) is 19.1. The van der Waals surface area contributed by atoms with Gasteiger partial charge >= 0.3 is 12.0 Å². The number of sulfonamides is 1. The Hall–Kier alpha value is -3.18. The summed E-state index contributed by atoms with van der Waals surface area (Å²) in [5.41, 5.74) is 0.466. The number of urea groups is 1. The fourth-order valence-corrected chi connectivity index (χ4v) is 4.78. The van der Waals surface area contributed by atoms with Crippen molar-refractivity contribution < 1.29 is 32.0 Å². The van der Waals surface area contributed by atoms with Gasteiger partial charge in [0.15, 0.2) is 6.61 Å².